The summed E-state index contributed by atoms with van der Waals surface area (Å²) in [6.45, 7) is 0.227. The summed E-state index contributed by atoms with van der Waals surface area (Å²) in [6.07, 6.45) is 3.23. The van der Waals surface area contributed by atoms with Crippen LogP contribution in [0, 0.1) is 5.82 Å². The summed E-state index contributed by atoms with van der Waals surface area (Å²) in [4.78, 5) is 27.7. The van der Waals surface area contributed by atoms with Crippen LogP contribution in [0.5, 0.6) is 0 Å². The molecule has 8 nitrogen and oxygen atoms in total. The molecular formula is C19H14FN7O. The van der Waals surface area contributed by atoms with Gasteiger partial charge in [-0.15, -0.1) is 0 Å². The molecule has 0 bridgehead atoms. The smallest absolute Gasteiger partial charge is 0.292 e. The van der Waals surface area contributed by atoms with Crippen LogP contribution in [-0.2, 0) is 13.6 Å². The first-order valence-electron chi connectivity index (χ1n) is 8.59. The molecule has 0 fully saturated rings. The summed E-state index contributed by atoms with van der Waals surface area (Å²) in [6, 6.07) is 10.2. The van der Waals surface area contributed by atoms with E-state index in [0.29, 0.717) is 33.9 Å². The van der Waals surface area contributed by atoms with Gasteiger partial charge in [-0.2, -0.15) is 5.10 Å². The van der Waals surface area contributed by atoms with Crippen molar-refractivity contribution >= 4 is 22.2 Å². The van der Waals surface area contributed by atoms with Crippen LogP contribution in [0.4, 0.5) is 4.39 Å². The summed E-state index contributed by atoms with van der Waals surface area (Å²) < 4.78 is 17.2. The Hall–Kier alpha value is -3.88. The van der Waals surface area contributed by atoms with Gasteiger partial charge in [0.05, 0.1) is 18.1 Å². The van der Waals surface area contributed by atoms with Crippen LogP contribution >= 0.6 is 0 Å². The lowest BCUT2D eigenvalue weighted by atomic mass is 10.2. The predicted octanol–water partition coefficient (Wildman–Crippen LogP) is 2.26. The van der Waals surface area contributed by atoms with Gasteiger partial charge < -0.3 is 0 Å². The second-order valence-electron chi connectivity index (χ2n) is 6.39. The maximum absolute atomic E-state index is 14.1. The highest BCUT2D eigenvalue weighted by atomic mass is 19.1. The van der Waals surface area contributed by atoms with Crippen molar-refractivity contribution in [3.8, 4) is 11.5 Å². The van der Waals surface area contributed by atoms with Crippen LogP contribution in [-0.4, -0.2) is 34.3 Å². The quantitative estimate of drug-likeness (QED) is 0.522. The van der Waals surface area contributed by atoms with E-state index in [0.717, 1.165) is 5.39 Å². The number of benzene rings is 1. The Bertz CT molecular complexity index is 1400. The van der Waals surface area contributed by atoms with Gasteiger partial charge in [0, 0.05) is 18.8 Å². The van der Waals surface area contributed by atoms with Gasteiger partial charge in [0.15, 0.2) is 17.1 Å². The van der Waals surface area contributed by atoms with Crippen LogP contribution in [0.1, 0.15) is 5.56 Å². The molecule has 0 amide bonds. The largest absolute Gasteiger partial charge is 0.327 e. The molecule has 9 heteroatoms. The van der Waals surface area contributed by atoms with Gasteiger partial charge in [-0.05, 0) is 18.2 Å². The minimum absolute atomic E-state index is 0.227. The first kappa shape index (κ1) is 16.3. The van der Waals surface area contributed by atoms with Crippen molar-refractivity contribution in [3.63, 3.8) is 0 Å². The average molecular weight is 375 g/mol. The Balaban J connectivity index is 1.68. The van der Waals surface area contributed by atoms with Gasteiger partial charge in [-0.3, -0.25) is 9.55 Å². The molecule has 0 aliphatic carbocycles. The van der Waals surface area contributed by atoms with Crippen molar-refractivity contribution in [1.29, 1.82) is 0 Å². The Morgan fingerprint density at radius 1 is 1.14 bits per heavy atom. The highest BCUT2D eigenvalue weighted by Gasteiger charge is 2.17. The fourth-order valence-electron chi connectivity index (χ4n) is 3.19. The standard InChI is InChI=1S/C19H14FN7O/c1-26-14-9-22-17(23-16(14)24-19(26)28)15-12-6-4-8-21-18(12)27(25-15)10-11-5-2-3-7-13(11)20/h2-9H,10H2,1H3,(H,22,23,24,28). The maximum Gasteiger partial charge on any atom is 0.327 e. The number of imidazole rings is 1. The molecule has 0 aliphatic rings. The Kier molecular flexibility index (Phi) is 3.54. The molecule has 5 aromatic rings. The predicted molar refractivity (Wildman–Crippen MR) is 101 cm³/mol. The van der Waals surface area contributed by atoms with Gasteiger partial charge in [-0.25, -0.2) is 28.8 Å². The molecule has 0 atom stereocenters. The van der Waals surface area contributed by atoms with E-state index in [1.54, 1.807) is 48.4 Å². The lowest BCUT2D eigenvalue weighted by molar-refractivity contribution is 0.589. The second kappa shape index (κ2) is 6.08. The normalized spacial score (nSPS) is 11.5. The molecule has 1 aromatic carbocycles. The van der Waals surface area contributed by atoms with Gasteiger partial charge in [-0.1, -0.05) is 18.2 Å². The van der Waals surface area contributed by atoms with Crippen molar-refractivity contribution < 1.29 is 4.39 Å². The molecule has 1 N–H and O–H groups in total. The Labute approximate surface area is 157 Å². The van der Waals surface area contributed by atoms with Crippen molar-refractivity contribution in [3.05, 3.63) is 70.7 Å². The number of hydrogen-bond acceptors (Lipinski definition) is 5. The second-order valence-corrected chi connectivity index (χ2v) is 6.39. The van der Waals surface area contributed by atoms with E-state index in [2.05, 4.69) is 25.0 Å². The third-order valence-electron chi connectivity index (χ3n) is 4.66. The zero-order chi connectivity index (χ0) is 19.3. The first-order chi connectivity index (χ1) is 13.6. The van der Waals surface area contributed by atoms with E-state index >= 15 is 0 Å². The van der Waals surface area contributed by atoms with E-state index in [-0.39, 0.29) is 18.1 Å². The molecule has 28 heavy (non-hydrogen) atoms. The van der Waals surface area contributed by atoms with Crippen LogP contribution < -0.4 is 5.69 Å². The van der Waals surface area contributed by atoms with Crippen LogP contribution in [0.25, 0.3) is 33.7 Å². The molecule has 0 saturated carbocycles. The lowest BCUT2D eigenvalue weighted by Crippen LogP contribution is -2.11. The zero-order valence-electron chi connectivity index (χ0n) is 14.8. The van der Waals surface area contributed by atoms with Crippen LogP contribution in [0.15, 0.2) is 53.6 Å². The molecule has 0 aliphatic heterocycles. The summed E-state index contributed by atoms with van der Waals surface area (Å²) in [5, 5.41) is 5.34. The number of aromatic amines is 1. The molecule has 0 spiro atoms. The zero-order valence-corrected chi connectivity index (χ0v) is 14.8. The minimum Gasteiger partial charge on any atom is -0.292 e. The first-order valence-corrected chi connectivity index (χ1v) is 8.59. The number of aryl methyl sites for hydroxylation is 1. The minimum atomic E-state index is -0.303. The van der Waals surface area contributed by atoms with Gasteiger partial charge >= 0.3 is 5.69 Å². The summed E-state index contributed by atoms with van der Waals surface area (Å²) in [7, 11) is 1.65. The number of nitrogens with zero attached hydrogens (tertiary/aromatic N) is 6. The number of nitrogens with one attached hydrogen (secondary N) is 1. The van der Waals surface area contributed by atoms with Crippen molar-refractivity contribution in [1.82, 2.24) is 34.3 Å². The molecule has 0 saturated heterocycles. The van der Waals surface area contributed by atoms with Crippen LogP contribution in [0.2, 0.25) is 0 Å². The molecule has 0 radical (unpaired) electrons. The maximum atomic E-state index is 14.1. The average Bonchev–Trinajstić information content (AvgIpc) is 3.21. The summed E-state index contributed by atoms with van der Waals surface area (Å²) in [5.74, 6) is 0.0581. The van der Waals surface area contributed by atoms with Crippen molar-refractivity contribution in [2.24, 2.45) is 7.05 Å². The third kappa shape index (κ3) is 2.48. The topological polar surface area (TPSA) is 94.3 Å². The summed E-state index contributed by atoms with van der Waals surface area (Å²) >= 11 is 0. The summed E-state index contributed by atoms with van der Waals surface area (Å²) in [5.41, 5.74) is 2.39. The molecule has 4 aromatic heterocycles. The number of rotatable bonds is 3. The SMILES string of the molecule is Cn1c(=O)[nH]c2nc(-c3nn(Cc4ccccc4F)c4ncccc34)ncc21. The Morgan fingerprint density at radius 3 is 2.86 bits per heavy atom. The number of fused-ring (bicyclic) bond motifs is 2. The molecular weight excluding hydrogens is 361 g/mol. The van der Waals surface area contributed by atoms with Gasteiger partial charge in [0.2, 0.25) is 0 Å². The number of pyridine rings is 1. The fourth-order valence-corrected chi connectivity index (χ4v) is 3.19. The molecule has 138 valence electrons. The van der Waals surface area contributed by atoms with Crippen molar-refractivity contribution in [2.75, 3.05) is 0 Å². The Morgan fingerprint density at radius 2 is 2.00 bits per heavy atom. The van der Waals surface area contributed by atoms with E-state index in [9.17, 15) is 9.18 Å². The van der Waals surface area contributed by atoms with Gasteiger partial charge in [0.25, 0.3) is 0 Å². The van der Waals surface area contributed by atoms with E-state index in [1.807, 2.05) is 6.07 Å². The van der Waals surface area contributed by atoms with E-state index in [1.165, 1.54) is 10.6 Å². The number of aromatic nitrogens is 7. The van der Waals surface area contributed by atoms with E-state index < -0.39 is 0 Å². The number of hydrogen-bond donors (Lipinski definition) is 1. The fraction of sp³-hybridized carbons (Fsp3) is 0.105. The number of halogens is 1. The van der Waals surface area contributed by atoms with Crippen molar-refractivity contribution in [2.45, 2.75) is 6.54 Å². The third-order valence-corrected chi connectivity index (χ3v) is 4.66. The monoisotopic (exact) mass is 375 g/mol. The number of H-pyrrole nitrogens is 1. The molecule has 0 unspecified atom stereocenters. The van der Waals surface area contributed by atoms with Crippen LogP contribution in [0.3, 0.4) is 0 Å². The van der Waals surface area contributed by atoms with E-state index in [4.69, 9.17) is 0 Å². The van der Waals surface area contributed by atoms with Gasteiger partial charge in [0.1, 0.15) is 17.0 Å². The molecule has 4 heterocycles. The molecule has 5 rings (SSSR count). The highest BCUT2D eigenvalue weighted by Crippen LogP contribution is 2.25. The highest BCUT2D eigenvalue weighted by molar-refractivity contribution is 5.90. The lowest BCUT2D eigenvalue weighted by Gasteiger charge is -2.04.